The van der Waals surface area contributed by atoms with Crippen molar-refractivity contribution >= 4 is 11.8 Å². The van der Waals surface area contributed by atoms with Crippen LogP contribution in [0.1, 0.15) is 26.0 Å². The van der Waals surface area contributed by atoms with Gasteiger partial charge in [0.2, 0.25) is 5.95 Å². The number of anilines is 2. The molecule has 1 heterocycles. The van der Waals surface area contributed by atoms with E-state index in [0.717, 1.165) is 12.2 Å². The second-order valence-corrected chi connectivity index (χ2v) is 4.32. The molecule has 0 saturated heterocycles. The monoisotopic (exact) mass is 254 g/mol. The topological polar surface area (TPSA) is 90.3 Å². The van der Waals surface area contributed by atoms with Crippen molar-refractivity contribution in [3.63, 3.8) is 0 Å². The third-order valence-corrected chi connectivity index (χ3v) is 2.86. The summed E-state index contributed by atoms with van der Waals surface area (Å²) in [5, 5.41) is 24.9. The number of nitrogens with zero attached hydrogens (tertiary/aromatic N) is 2. The maximum atomic E-state index is 9.40. The number of nitrogens with one attached hydrogen (secondary N) is 2. The summed E-state index contributed by atoms with van der Waals surface area (Å²) in [4.78, 5) is 8.54. The Morgan fingerprint density at radius 1 is 1.22 bits per heavy atom. The average Bonchev–Trinajstić information content (AvgIpc) is 2.36. The molecule has 0 unspecified atom stereocenters. The maximum absolute atomic E-state index is 9.40. The van der Waals surface area contributed by atoms with E-state index in [1.54, 1.807) is 6.07 Å². The largest absolute Gasteiger partial charge is 0.394 e. The lowest BCUT2D eigenvalue weighted by atomic mass is 9.98. The van der Waals surface area contributed by atoms with Crippen molar-refractivity contribution in [3.8, 4) is 0 Å². The van der Waals surface area contributed by atoms with Gasteiger partial charge < -0.3 is 20.8 Å². The van der Waals surface area contributed by atoms with Crippen LogP contribution in [0.4, 0.5) is 11.8 Å². The van der Waals surface area contributed by atoms with E-state index in [9.17, 15) is 10.2 Å². The van der Waals surface area contributed by atoms with Crippen molar-refractivity contribution in [3.05, 3.63) is 11.8 Å². The van der Waals surface area contributed by atoms with Crippen molar-refractivity contribution < 1.29 is 10.2 Å². The summed E-state index contributed by atoms with van der Waals surface area (Å²) in [6.45, 7) is 6.18. The quantitative estimate of drug-likeness (QED) is 0.574. The van der Waals surface area contributed by atoms with Crippen LogP contribution >= 0.6 is 0 Å². The predicted molar refractivity (Wildman–Crippen MR) is 71.7 cm³/mol. The molecule has 6 nitrogen and oxygen atoms in total. The molecule has 0 bridgehead atoms. The molecule has 0 amide bonds. The van der Waals surface area contributed by atoms with E-state index in [2.05, 4.69) is 20.6 Å². The minimum Gasteiger partial charge on any atom is -0.394 e. The molecule has 1 rings (SSSR count). The number of aromatic nitrogens is 2. The Morgan fingerprint density at radius 3 is 2.39 bits per heavy atom. The molecule has 1 aromatic rings. The van der Waals surface area contributed by atoms with Crippen molar-refractivity contribution in [1.29, 1.82) is 0 Å². The van der Waals surface area contributed by atoms with Crippen LogP contribution in [-0.2, 0) is 0 Å². The van der Waals surface area contributed by atoms with E-state index >= 15 is 0 Å². The van der Waals surface area contributed by atoms with Crippen LogP contribution in [0, 0.1) is 6.92 Å². The van der Waals surface area contributed by atoms with E-state index in [0.29, 0.717) is 18.2 Å². The van der Waals surface area contributed by atoms with Crippen molar-refractivity contribution in [2.45, 2.75) is 32.7 Å². The van der Waals surface area contributed by atoms with Gasteiger partial charge in [-0.05, 0) is 20.3 Å². The first-order valence-electron chi connectivity index (χ1n) is 6.18. The van der Waals surface area contributed by atoms with Crippen molar-refractivity contribution in [1.82, 2.24) is 9.97 Å². The van der Waals surface area contributed by atoms with Crippen LogP contribution < -0.4 is 10.6 Å². The van der Waals surface area contributed by atoms with Gasteiger partial charge >= 0.3 is 0 Å². The Kier molecular flexibility index (Phi) is 5.30. The van der Waals surface area contributed by atoms with Crippen LogP contribution in [0.15, 0.2) is 6.07 Å². The van der Waals surface area contributed by atoms with Gasteiger partial charge in [-0.25, -0.2) is 4.98 Å². The minimum atomic E-state index is -0.746. The maximum Gasteiger partial charge on any atom is 0.224 e. The summed E-state index contributed by atoms with van der Waals surface area (Å²) in [5.41, 5.74) is 0.0777. The number of rotatable bonds is 7. The fourth-order valence-electron chi connectivity index (χ4n) is 1.58. The molecule has 0 aromatic carbocycles. The lowest BCUT2D eigenvalue weighted by Gasteiger charge is -2.30. The summed E-state index contributed by atoms with van der Waals surface area (Å²) in [7, 11) is 0. The summed E-state index contributed by atoms with van der Waals surface area (Å²) < 4.78 is 0. The van der Waals surface area contributed by atoms with Crippen LogP contribution in [0.5, 0.6) is 0 Å². The molecule has 18 heavy (non-hydrogen) atoms. The second kappa shape index (κ2) is 6.51. The van der Waals surface area contributed by atoms with Gasteiger partial charge in [-0.2, -0.15) is 4.98 Å². The second-order valence-electron chi connectivity index (χ2n) is 4.32. The normalized spacial score (nSPS) is 11.4. The zero-order chi connectivity index (χ0) is 13.6. The first-order chi connectivity index (χ1) is 8.59. The van der Waals surface area contributed by atoms with Crippen molar-refractivity contribution in [2.24, 2.45) is 0 Å². The highest BCUT2D eigenvalue weighted by Crippen LogP contribution is 2.18. The first kappa shape index (κ1) is 14.7. The SMILES string of the molecule is CCNc1nc(C)cc(NC(CC)(CO)CO)n1. The Balaban J connectivity index is 2.95. The summed E-state index contributed by atoms with van der Waals surface area (Å²) >= 11 is 0. The predicted octanol–water partition coefficient (Wildman–Crippen LogP) is 0.762. The van der Waals surface area contributed by atoms with Gasteiger partial charge in [-0.15, -0.1) is 0 Å². The third kappa shape index (κ3) is 3.54. The van der Waals surface area contributed by atoms with Gasteiger partial charge in [0, 0.05) is 18.3 Å². The highest BCUT2D eigenvalue weighted by Gasteiger charge is 2.26. The smallest absolute Gasteiger partial charge is 0.224 e. The average molecular weight is 254 g/mol. The molecule has 0 spiro atoms. The molecule has 0 radical (unpaired) electrons. The van der Waals surface area contributed by atoms with E-state index in [4.69, 9.17) is 0 Å². The van der Waals surface area contributed by atoms with E-state index < -0.39 is 5.54 Å². The number of hydrogen-bond acceptors (Lipinski definition) is 6. The molecule has 4 N–H and O–H groups in total. The first-order valence-corrected chi connectivity index (χ1v) is 6.18. The molecule has 0 aliphatic heterocycles. The molecule has 6 heteroatoms. The molecule has 0 saturated carbocycles. The van der Waals surface area contributed by atoms with E-state index in [-0.39, 0.29) is 13.2 Å². The standard InChI is InChI=1S/C12H22N4O2/c1-4-12(7-17,8-18)16-10-6-9(3)14-11(15-10)13-5-2/h6,17-18H,4-5,7-8H2,1-3H3,(H2,13,14,15,16). The highest BCUT2D eigenvalue weighted by atomic mass is 16.3. The van der Waals surface area contributed by atoms with E-state index in [1.807, 2.05) is 20.8 Å². The van der Waals surface area contributed by atoms with Gasteiger partial charge in [0.1, 0.15) is 5.82 Å². The van der Waals surface area contributed by atoms with Gasteiger partial charge in [0.05, 0.1) is 18.8 Å². The zero-order valence-corrected chi connectivity index (χ0v) is 11.2. The molecule has 0 atom stereocenters. The molecule has 0 fully saturated rings. The lowest BCUT2D eigenvalue weighted by Crippen LogP contribution is -2.45. The zero-order valence-electron chi connectivity index (χ0n) is 11.2. The Bertz CT molecular complexity index is 372. The number of aliphatic hydroxyl groups is 2. The highest BCUT2D eigenvalue weighted by molar-refractivity contribution is 5.44. The van der Waals surface area contributed by atoms with Crippen LogP contribution in [-0.4, -0.2) is 45.5 Å². The van der Waals surface area contributed by atoms with E-state index in [1.165, 1.54) is 0 Å². The molecule has 1 aromatic heterocycles. The number of aliphatic hydroxyl groups excluding tert-OH is 2. The molecular formula is C12H22N4O2. The summed E-state index contributed by atoms with van der Waals surface area (Å²) in [6, 6.07) is 1.79. The lowest BCUT2D eigenvalue weighted by molar-refractivity contribution is 0.132. The Labute approximate surface area is 107 Å². The van der Waals surface area contributed by atoms with Crippen LogP contribution in [0.2, 0.25) is 0 Å². The summed E-state index contributed by atoms with van der Waals surface area (Å²) in [6.07, 6.45) is 0.597. The fraction of sp³-hybridized carbons (Fsp3) is 0.667. The third-order valence-electron chi connectivity index (χ3n) is 2.86. The summed E-state index contributed by atoms with van der Waals surface area (Å²) in [5.74, 6) is 1.14. The molecular weight excluding hydrogens is 232 g/mol. The molecule has 0 aliphatic rings. The van der Waals surface area contributed by atoms with Gasteiger partial charge in [-0.3, -0.25) is 0 Å². The molecule has 0 aliphatic carbocycles. The Morgan fingerprint density at radius 2 is 1.89 bits per heavy atom. The van der Waals surface area contributed by atoms with Gasteiger partial charge in [0.15, 0.2) is 0 Å². The van der Waals surface area contributed by atoms with Crippen molar-refractivity contribution in [2.75, 3.05) is 30.4 Å². The Hall–Kier alpha value is -1.40. The minimum absolute atomic E-state index is 0.153. The number of hydrogen-bond donors (Lipinski definition) is 4. The van der Waals surface area contributed by atoms with Crippen LogP contribution in [0.3, 0.4) is 0 Å². The van der Waals surface area contributed by atoms with Gasteiger partial charge in [0.25, 0.3) is 0 Å². The fourth-order valence-corrected chi connectivity index (χ4v) is 1.58. The number of aryl methyl sites for hydroxylation is 1. The molecule has 102 valence electrons. The van der Waals surface area contributed by atoms with Crippen LogP contribution in [0.25, 0.3) is 0 Å². The van der Waals surface area contributed by atoms with Gasteiger partial charge in [-0.1, -0.05) is 6.92 Å².